The van der Waals surface area contributed by atoms with Crippen LogP contribution in [0.2, 0.25) is 0 Å². The number of aliphatic hydroxyl groups excluding tert-OH is 9. The third kappa shape index (κ3) is 7.84. The van der Waals surface area contributed by atoms with Gasteiger partial charge in [-0.15, -0.1) is 0 Å². The highest BCUT2D eigenvalue weighted by Gasteiger charge is 2.71. The standard InChI is InChI=1S/C48H74O19/c1-21(51)48-15-14-43(2,3)16-23(48)22-8-9-27-44(4)12-11-29(45(5,20-50)26(44)10-13-46(27,6)47(22,7)17-28(48)53)64-42-38(67-41-34(58)32(56)31(55)25(18-49)63-41)36(35(59)37(66-42)39(60)61)65-40-33(57)30(54)24(52)19-62-40/h8,20,23-38,40-42,49,52-59H,9-19H2,1-7H3,(H,60,61)/t23?,24-,25?,26?,27?,28-,29+,30+,31+,32+,33?,34?,35-,36+,37?,38?,40+,41+,42-,44+,45+,46-,47-,48-/m1/s1. The molecule has 67 heavy (non-hydrogen) atoms. The fourth-order valence-electron chi connectivity index (χ4n) is 15.1. The Morgan fingerprint density at radius 3 is 2.06 bits per heavy atom. The monoisotopic (exact) mass is 954 g/mol. The van der Waals surface area contributed by atoms with E-state index in [0.717, 1.165) is 19.1 Å². The summed E-state index contributed by atoms with van der Waals surface area (Å²) in [4.78, 5) is 40.3. The van der Waals surface area contributed by atoms with Crippen molar-refractivity contribution < 1.29 is 93.9 Å². The van der Waals surface area contributed by atoms with Gasteiger partial charge in [-0.25, -0.2) is 4.79 Å². The summed E-state index contributed by atoms with van der Waals surface area (Å²) in [7, 11) is 0. The van der Waals surface area contributed by atoms with Crippen LogP contribution in [-0.2, 0) is 42.8 Å². The highest BCUT2D eigenvalue weighted by molar-refractivity contribution is 5.84. The summed E-state index contributed by atoms with van der Waals surface area (Å²) in [5.74, 6) is -1.99. The molecule has 3 aliphatic heterocycles. The first-order valence-electron chi connectivity index (χ1n) is 24.1. The minimum absolute atomic E-state index is 0.0133. The van der Waals surface area contributed by atoms with Gasteiger partial charge in [0, 0.05) is 0 Å². The Morgan fingerprint density at radius 1 is 0.746 bits per heavy atom. The predicted octanol–water partition coefficient (Wildman–Crippen LogP) is 0.0918. The van der Waals surface area contributed by atoms with Crippen molar-refractivity contribution >= 4 is 18.0 Å². The molecule has 10 N–H and O–H groups in total. The third-order valence-electron chi connectivity index (χ3n) is 19.2. The molecule has 3 heterocycles. The van der Waals surface area contributed by atoms with Crippen molar-refractivity contribution in [1.29, 1.82) is 0 Å². The molecule has 3 saturated heterocycles. The molecule has 0 aromatic heterocycles. The van der Waals surface area contributed by atoms with Gasteiger partial charge in [0.15, 0.2) is 25.0 Å². The summed E-state index contributed by atoms with van der Waals surface area (Å²) in [5.41, 5.74) is -2.11. The number of ketones is 1. The van der Waals surface area contributed by atoms with Gasteiger partial charge in [-0.1, -0.05) is 53.2 Å². The van der Waals surface area contributed by atoms with Gasteiger partial charge in [0.2, 0.25) is 0 Å². The smallest absolute Gasteiger partial charge is 0.335 e. The molecule has 24 atom stereocenters. The van der Waals surface area contributed by atoms with Crippen molar-refractivity contribution in [1.82, 2.24) is 0 Å². The van der Waals surface area contributed by atoms with E-state index in [1.165, 1.54) is 5.57 Å². The lowest BCUT2D eigenvalue weighted by Crippen LogP contribution is -2.69. The van der Waals surface area contributed by atoms with E-state index in [2.05, 4.69) is 40.7 Å². The molecule has 4 saturated carbocycles. The van der Waals surface area contributed by atoms with Crippen LogP contribution in [0.3, 0.4) is 0 Å². The van der Waals surface area contributed by atoms with Crippen molar-refractivity contribution in [3.05, 3.63) is 11.6 Å². The topological polar surface area (TPSA) is 309 Å². The Bertz CT molecular complexity index is 1910. The highest BCUT2D eigenvalue weighted by Crippen LogP contribution is 2.76. The molecule has 0 spiro atoms. The lowest BCUT2D eigenvalue weighted by Gasteiger charge is -2.71. The van der Waals surface area contributed by atoms with Crippen molar-refractivity contribution in [2.45, 2.75) is 204 Å². The molecular formula is C48H74O19. The third-order valence-corrected chi connectivity index (χ3v) is 19.2. The molecule has 0 aromatic carbocycles. The lowest BCUT2D eigenvalue weighted by atomic mass is 9.33. The van der Waals surface area contributed by atoms with Gasteiger partial charge >= 0.3 is 5.97 Å². The molecule has 19 nitrogen and oxygen atoms in total. The maximum absolute atomic E-state index is 13.8. The van der Waals surface area contributed by atoms with Crippen molar-refractivity contribution in [2.24, 2.45) is 50.2 Å². The Balaban J connectivity index is 1.13. The molecule has 0 bridgehead atoms. The Hall–Kier alpha value is -2.05. The summed E-state index contributed by atoms with van der Waals surface area (Å²) < 4.78 is 36.0. The summed E-state index contributed by atoms with van der Waals surface area (Å²) in [6.45, 7) is 13.3. The number of aliphatic hydroxyl groups is 9. The normalized spacial score (nSPS) is 54.0. The molecule has 19 heteroatoms. The Morgan fingerprint density at radius 2 is 1.42 bits per heavy atom. The number of fused-ring (bicyclic) bond motifs is 7. The van der Waals surface area contributed by atoms with E-state index in [4.69, 9.17) is 28.4 Å². The zero-order valence-electron chi connectivity index (χ0n) is 39.5. The van der Waals surface area contributed by atoms with Gasteiger partial charge in [0.05, 0.1) is 36.3 Å². The minimum atomic E-state index is -2.13. The lowest BCUT2D eigenvalue weighted by molar-refractivity contribution is -0.391. The van der Waals surface area contributed by atoms with Gasteiger partial charge in [0.1, 0.15) is 73.1 Å². The van der Waals surface area contributed by atoms with Gasteiger partial charge in [0.25, 0.3) is 0 Å². The molecule has 0 radical (unpaired) electrons. The number of rotatable bonds is 10. The van der Waals surface area contributed by atoms with Crippen LogP contribution >= 0.6 is 0 Å². The summed E-state index contributed by atoms with van der Waals surface area (Å²) in [5, 5.41) is 108. The number of ether oxygens (including phenoxy) is 6. The van der Waals surface area contributed by atoms with Crippen LogP contribution in [0.1, 0.15) is 106 Å². The maximum atomic E-state index is 13.8. The number of carbonyl (C=O) groups excluding carboxylic acids is 2. The number of hydrogen-bond acceptors (Lipinski definition) is 18. The van der Waals surface area contributed by atoms with Gasteiger partial charge in [-0.05, 0) is 104 Å². The Kier molecular flexibility index (Phi) is 13.7. The number of carbonyl (C=O) groups is 3. The minimum Gasteiger partial charge on any atom is -0.479 e. The van der Waals surface area contributed by atoms with Gasteiger partial charge < -0.3 is 84.3 Å². The summed E-state index contributed by atoms with van der Waals surface area (Å²) in [6.07, 6.45) is -18.9. The molecule has 5 aliphatic carbocycles. The molecular weight excluding hydrogens is 881 g/mol. The van der Waals surface area contributed by atoms with Crippen LogP contribution in [0.15, 0.2) is 11.6 Å². The first-order valence-corrected chi connectivity index (χ1v) is 24.1. The van der Waals surface area contributed by atoms with E-state index in [1.807, 2.05) is 0 Å². The van der Waals surface area contributed by atoms with Crippen LogP contribution in [0.4, 0.5) is 0 Å². The first kappa shape index (κ1) is 51.3. The summed E-state index contributed by atoms with van der Waals surface area (Å²) >= 11 is 0. The molecule has 8 aliphatic rings. The number of allylic oxidation sites excluding steroid dienone is 2. The first-order chi connectivity index (χ1) is 31.3. The van der Waals surface area contributed by atoms with Crippen LogP contribution < -0.4 is 0 Å². The zero-order chi connectivity index (χ0) is 49.1. The van der Waals surface area contributed by atoms with Crippen LogP contribution in [0, 0.1) is 50.2 Å². The fraction of sp³-hybridized carbons (Fsp3) is 0.896. The average Bonchev–Trinajstić information content (AvgIpc) is 3.26. The van der Waals surface area contributed by atoms with Crippen LogP contribution in [-0.4, -0.2) is 181 Å². The Labute approximate surface area is 390 Å². The summed E-state index contributed by atoms with van der Waals surface area (Å²) in [6, 6.07) is 0. The zero-order valence-corrected chi connectivity index (χ0v) is 39.5. The number of Topliss-reactive ketones (excluding diaryl/α,β-unsaturated/α-hetero) is 1. The van der Waals surface area contributed by atoms with E-state index < -0.39 is 139 Å². The van der Waals surface area contributed by atoms with Crippen LogP contribution in [0.5, 0.6) is 0 Å². The van der Waals surface area contributed by atoms with Gasteiger partial charge in [-0.3, -0.25) is 4.79 Å². The molecule has 0 amide bonds. The SMILES string of the molecule is CC(=O)[C@]12CCC(C)(C)CC1C1=CCC3[C@@]4(C)CC[C@H](O[C@@H]5OC(C(=O)O)[C@H](O)[C@H](O[C@@H]6OC[C@@H](O)[C@H](O)C6O)C5O[C@@H]5OC(CO)[C@H](O)[C@H](O)C5O)[C@@](C)(C=O)C4CC[C@@]3(C)[C@]1(C)C[C@H]2O. The average molecular weight is 955 g/mol. The molecule has 0 aromatic rings. The second-order valence-corrected chi connectivity index (χ2v) is 23.1. The number of hydrogen-bond donors (Lipinski definition) is 10. The van der Waals surface area contributed by atoms with Crippen molar-refractivity contribution in [2.75, 3.05) is 13.2 Å². The second kappa shape index (κ2) is 17.9. The number of carboxylic acid groups (broad SMARTS) is 1. The van der Waals surface area contributed by atoms with E-state index in [-0.39, 0.29) is 40.8 Å². The van der Waals surface area contributed by atoms with Crippen molar-refractivity contribution in [3.8, 4) is 0 Å². The van der Waals surface area contributed by atoms with E-state index in [1.54, 1.807) is 13.8 Å². The van der Waals surface area contributed by atoms with E-state index in [9.17, 15) is 65.4 Å². The van der Waals surface area contributed by atoms with Crippen LogP contribution in [0.25, 0.3) is 0 Å². The quantitative estimate of drug-likeness (QED) is 0.0788. The molecule has 380 valence electrons. The predicted molar refractivity (Wildman–Crippen MR) is 230 cm³/mol. The maximum Gasteiger partial charge on any atom is 0.335 e. The van der Waals surface area contributed by atoms with Gasteiger partial charge in [-0.2, -0.15) is 0 Å². The molecule has 7 fully saturated rings. The number of carboxylic acids is 1. The molecule has 8 unspecified atom stereocenters. The largest absolute Gasteiger partial charge is 0.479 e. The number of aldehydes is 1. The van der Waals surface area contributed by atoms with Crippen molar-refractivity contribution in [3.63, 3.8) is 0 Å². The van der Waals surface area contributed by atoms with E-state index in [0.29, 0.717) is 38.5 Å². The fourth-order valence-corrected chi connectivity index (χ4v) is 15.1. The van der Waals surface area contributed by atoms with E-state index >= 15 is 0 Å². The molecule has 8 rings (SSSR count). The second-order valence-electron chi connectivity index (χ2n) is 23.1. The highest BCUT2D eigenvalue weighted by atomic mass is 16.8. The number of aliphatic carboxylic acids is 1.